The lowest BCUT2D eigenvalue weighted by Crippen LogP contribution is -1.96. The van der Waals surface area contributed by atoms with Crippen LogP contribution in [0.2, 0.25) is 0 Å². The highest BCUT2D eigenvalue weighted by atomic mass is 19.1. The fraction of sp³-hybridized carbons (Fsp3) is 0.250. The quantitative estimate of drug-likeness (QED) is 0.809. The van der Waals surface area contributed by atoms with Crippen molar-refractivity contribution in [3.8, 4) is 0 Å². The van der Waals surface area contributed by atoms with Gasteiger partial charge in [-0.3, -0.25) is 5.10 Å². The number of nitrogens with one attached hydrogen (secondary N) is 2. The SMILES string of the molecule is CCNc1n[nH]c(C)c1N=Nc1cccc(F)c1. The molecule has 0 amide bonds. The van der Waals surface area contributed by atoms with Crippen LogP contribution in [-0.4, -0.2) is 16.7 Å². The van der Waals surface area contributed by atoms with Gasteiger partial charge in [-0.05, 0) is 26.0 Å². The molecule has 5 nitrogen and oxygen atoms in total. The number of aromatic amines is 1. The zero-order valence-corrected chi connectivity index (χ0v) is 10.2. The molecule has 2 aromatic rings. The molecule has 0 unspecified atom stereocenters. The lowest BCUT2D eigenvalue weighted by Gasteiger charge is -1.98. The number of halogens is 1. The summed E-state index contributed by atoms with van der Waals surface area (Å²) in [6.07, 6.45) is 0. The summed E-state index contributed by atoms with van der Waals surface area (Å²) in [4.78, 5) is 0. The molecule has 0 spiro atoms. The van der Waals surface area contributed by atoms with Crippen molar-refractivity contribution in [2.75, 3.05) is 11.9 Å². The Morgan fingerprint density at radius 1 is 1.39 bits per heavy atom. The number of azo groups is 1. The van der Waals surface area contributed by atoms with Crippen molar-refractivity contribution in [1.82, 2.24) is 10.2 Å². The van der Waals surface area contributed by atoms with Crippen LogP contribution in [0.5, 0.6) is 0 Å². The summed E-state index contributed by atoms with van der Waals surface area (Å²) in [5.41, 5.74) is 1.92. The van der Waals surface area contributed by atoms with Gasteiger partial charge in [0.05, 0.1) is 11.4 Å². The van der Waals surface area contributed by atoms with Gasteiger partial charge in [0, 0.05) is 12.6 Å². The van der Waals surface area contributed by atoms with E-state index in [4.69, 9.17) is 0 Å². The molecule has 0 fully saturated rings. The number of nitrogens with zero attached hydrogens (tertiary/aromatic N) is 3. The Kier molecular flexibility index (Phi) is 3.66. The molecule has 0 aliphatic heterocycles. The molecule has 1 heterocycles. The van der Waals surface area contributed by atoms with Crippen LogP contribution in [0.4, 0.5) is 21.6 Å². The second-order valence-corrected chi connectivity index (χ2v) is 3.76. The molecule has 6 heteroatoms. The highest BCUT2D eigenvalue weighted by molar-refractivity contribution is 5.62. The molecule has 18 heavy (non-hydrogen) atoms. The standard InChI is InChI=1S/C12H14FN5/c1-3-14-12-11(8(2)15-18-12)17-16-10-6-4-5-9(13)7-10/h4-7H,3H2,1-2H3,(H2,14,15,18). The fourth-order valence-electron chi connectivity index (χ4n) is 1.48. The van der Waals surface area contributed by atoms with E-state index in [1.807, 2.05) is 13.8 Å². The van der Waals surface area contributed by atoms with Crippen molar-refractivity contribution >= 4 is 17.2 Å². The largest absolute Gasteiger partial charge is 0.367 e. The van der Waals surface area contributed by atoms with Gasteiger partial charge in [-0.2, -0.15) is 10.2 Å². The monoisotopic (exact) mass is 247 g/mol. The van der Waals surface area contributed by atoms with Crippen LogP contribution in [0.25, 0.3) is 0 Å². The maximum atomic E-state index is 13.0. The highest BCUT2D eigenvalue weighted by Crippen LogP contribution is 2.28. The highest BCUT2D eigenvalue weighted by Gasteiger charge is 2.08. The van der Waals surface area contributed by atoms with Gasteiger partial charge in [0.15, 0.2) is 11.5 Å². The number of rotatable bonds is 4. The molecule has 94 valence electrons. The fourth-order valence-corrected chi connectivity index (χ4v) is 1.48. The predicted molar refractivity (Wildman–Crippen MR) is 68.1 cm³/mol. The smallest absolute Gasteiger partial charge is 0.175 e. The van der Waals surface area contributed by atoms with Gasteiger partial charge in [0.1, 0.15) is 5.82 Å². The van der Waals surface area contributed by atoms with Gasteiger partial charge in [-0.25, -0.2) is 4.39 Å². The Labute approximate surface area is 104 Å². The van der Waals surface area contributed by atoms with Crippen molar-refractivity contribution in [2.24, 2.45) is 10.2 Å². The summed E-state index contributed by atoms with van der Waals surface area (Å²) < 4.78 is 13.0. The molecule has 0 radical (unpaired) electrons. The minimum absolute atomic E-state index is 0.331. The van der Waals surface area contributed by atoms with Crippen LogP contribution in [0.15, 0.2) is 34.5 Å². The number of benzene rings is 1. The Morgan fingerprint density at radius 2 is 2.22 bits per heavy atom. The molecule has 0 saturated heterocycles. The normalized spacial score (nSPS) is 11.1. The zero-order chi connectivity index (χ0) is 13.0. The molecule has 0 aliphatic carbocycles. The number of hydrogen-bond acceptors (Lipinski definition) is 4. The topological polar surface area (TPSA) is 65.4 Å². The number of H-pyrrole nitrogens is 1. The summed E-state index contributed by atoms with van der Waals surface area (Å²) in [6.45, 7) is 4.57. The molecule has 1 aromatic heterocycles. The third kappa shape index (κ3) is 2.71. The van der Waals surface area contributed by atoms with Crippen LogP contribution >= 0.6 is 0 Å². The Balaban J connectivity index is 2.25. The summed E-state index contributed by atoms with van der Waals surface area (Å²) in [7, 11) is 0. The first-order valence-electron chi connectivity index (χ1n) is 5.67. The van der Waals surface area contributed by atoms with Crippen molar-refractivity contribution in [2.45, 2.75) is 13.8 Å². The van der Waals surface area contributed by atoms with Crippen molar-refractivity contribution < 1.29 is 4.39 Å². The van der Waals surface area contributed by atoms with E-state index in [-0.39, 0.29) is 5.82 Å². The van der Waals surface area contributed by atoms with Crippen LogP contribution in [0, 0.1) is 12.7 Å². The minimum atomic E-state index is -0.331. The molecule has 0 bridgehead atoms. The Morgan fingerprint density at radius 3 is 2.94 bits per heavy atom. The minimum Gasteiger partial charge on any atom is -0.367 e. The van der Waals surface area contributed by atoms with Gasteiger partial charge in [0.25, 0.3) is 0 Å². The molecule has 0 aliphatic rings. The van der Waals surface area contributed by atoms with Crippen molar-refractivity contribution in [1.29, 1.82) is 0 Å². The van der Waals surface area contributed by atoms with Crippen LogP contribution in [0.3, 0.4) is 0 Å². The van der Waals surface area contributed by atoms with Gasteiger partial charge in [-0.1, -0.05) is 6.07 Å². The lowest BCUT2D eigenvalue weighted by molar-refractivity contribution is 0.628. The number of aryl methyl sites for hydroxylation is 1. The number of anilines is 1. The van der Waals surface area contributed by atoms with Gasteiger partial charge >= 0.3 is 0 Å². The van der Waals surface area contributed by atoms with Crippen LogP contribution in [0.1, 0.15) is 12.6 Å². The summed E-state index contributed by atoms with van der Waals surface area (Å²) in [5, 5.41) is 18.1. The summed E-state index contributed by atoms with van der Waals surface area (Å²) >= 11 is 0. The maximum Gasteiger partial charge on any atom is 0.175 e. The second kappa shape index (κ2) is 5.39. The second-order valence-electron chi connectivity index (χ2n) is 3.76. The summed E-state index contributed by atoms with van der Waals surface area (Å²) in [6, 6.07) is 5.98. The molecule has 2 N–H and O–H groups in total. The third-order valence-corrected chi connectivity index (χ3v) is 2.33. The van der Waals surface area contributed by atoms with Gasteiger partial charge in [-0.15, -0.1) is 5.11 Å². The first-order chi connectivity index (χ1) is 8.70. The van der Waals surface area contributed by atoms with Gasteiger partial charge in [0.2, 0.25) is 0 Å². The molecule has 1 aromatic carbocycles. The first-order valence-corrected chi connectivity index (χ1v) is 5.67. The molecule has 2 rings (SSSR count). The predicted octanol–water partition coefficient (Wildman–Crippen LogP) is 3.70. The van der Waals surface area contributed by atoms with Crippen LogP contribution in [-0.2, 0) is 0 Å². The van der Waals surface area contributed by atoms with E-state index in [9.17, 15) is 4.39 Å². The number of hydrogen-bond donors (Lipinski definition) is 2. The van der Waals surface area contributed by atoms with E-state index in [0.29, 0.717) is 17.2 Å². The van der Waals surface area contributed by atoms with E-state index in [0.717, 1.165) is 12.2 Å². The van der Waals surface area contributed by atoms with E-state index >= 15 is 0 Å². The number of aromatic nitrogens is 2. The molecule has 0 atom stereocenters. The maximum absolute atomic E-state index is 13.0. The van der Waals surface area contributed by atoms with E-state index in [2.05, 4.69) is 25.7 Å². The van der Waals surface area contributed by atoms with Crippen LogP contribution < -0.4 is 5.32 Å². The Bertz CT molecular complexity index is 561. The average Bonchev–Trinajstić information content (AvgIpc) is 2.69. The molecule has 0 saturated carbocycles. The molecular formula is C12H14FN5. The van der Waals surface area contributed by atoms with E-state index in [1.54, 1.807) is 12.1 Å². The van der Waals surface area contributed by atoms with Gasteiger partial charge < -0.3 is 5.32 Å². The Hall–Kier alpha value is -2.24. The molecular weight excluding hydrogens is 233 g/mol. The first kappa shape index (κ1) is 12.2. The van der Waals surface area contributed by atoms with E-state index in [1.165, 1.54) is 12.1 Å². The van der Waals surface area contributed by atoms with E-state index < -0.39 is 0 Å². The van der Waals surface area contributed by atoms with Crippen molar-refractivity contribution in [3.63, 3.8) is 0 Å². The van der Waals surface area contributed by atoms with Crippen molar-refractivity contribution in [3.05, 3.63) is 35.8 Å². The summed E-state index contributed by atoms with van der Waals surface area (Å²) in [5.74, 6) is 0.317. The lowest BCUT2D eigenvalue weighted by atomic mass is 10.3. The average molecular weight is 247 g/mol. The zero-order valence-electron chi connectivity index (χ0n) is 10.2. The third-order valence-electron chi connectivity index (χ3n) is 2.33.